The van der Waals surface area contributed by atoms with Crippen LogP contribution in [-0.2, 0) is 0 Å². The van der Waals surface area contributed by atoms with Crippen LogP contribution < -0.4 is 15.3 Å². The number of hydrogen-bond donors (Lipinski definition) is 2. The van der Waals surface area contributed by atoms with Crippen molar-refractivity contribution in [2.75, 3.05) is 36.0 Å². The van der Waals surface area contributed by atoms with Crippen LogP contribution in [0.4, 0.5) is 17.1 Å². The van der Waals surface area contributed by atoms with E-state index in [1.165, 1.54) is 17.6 Å². The third-order valence-electron chi connectivity index (χ3n) is 4.35. The first-order valence-corrected chi connectivity index (χ1v) is 8.35. The zero-order valence-corrected chi connectivity index (χ0v) is 14.5. The van der Waals surface area contributed by atoms with Crippen molar-refractivity contribution in [2.45, 2.75) is 0 Å². The van der Waals surface area contributed by atoms with Crippen molar-refractivity contribution in [3.8, 4) is 0 Å². The van der Waals surface area contributed by atoms with E-state index >= 15 is 0 Å². The van der Waals surface area contributed by atoms with Gasteiger partial charge in [-0.15, -0.1) is 0 Å². The second-order valence-electron chi connectivity index (χ2n) is 5.85. The number of benzene rings is 2. The highest BCUT2D eigenvalue weighted by atomic mass is 35.5. The Hall–Kier alpha value is -2.84. The molecule has 0 unspecified atom stereocenters. The third-order valence-corrected chi connectivity index (χ3v) is 4.60. The molecule has 0 bridgehead atoms. The van der Waals surface area contributed by atoms with Gasteiger partial charge in [0.15, 0.2) is 0 Å². The van der Waals surface area contributed by atoms with Crippen LogP contribution in [0.25, 0.3) is 0 Å². The maximum atomic E-state index is 11.5. The highest BCUT2D eigenvalue weighted by Gasteiger charge is 2.25. The largest absolute Gasteiger partial charge is 0.368 e. The number of amides is 1. The number of nitrogens with zero attached hydrogens (tertiary/aromatic N) is 3. The molecule has 9 heteroatoms. The minimum absolute atomic E-state index is 0.0303. The lowest BCUT2D eigenvalue weighted by atomic mass is 10.1. The lowest BCUT2D eigenvalue weighted by Crippen LogP contribution is -2.46. The second-order valence-corrected chi connectivity index (χ2v) is 6.29. The van der Waals surface area contributed by atoms with E-state index in [9.17, 15) is 14.9 Å². The molecular formula is C17H17ClN4O4. The molecule has 1 amide bonds. The zero-order valence-electron chi connectivity index (χ0n) is 13.8. The van der Waals surface area contributed by atoms with Crippen LogP contribution in [0, 0.1) is 10.1 Å². The van der Waals surface area contributed by atoms with Crippen molar-refractivity contribution >= 4 is 34.6 Å². The van der Waals surface area contributed by atoms with E-state index in [2.05, 4.69) is 4.90 Å². The fraction of sp³-hybridized carbons (Fsp3) is 0.235. The van der Waals surface area contributed by atoms with E-state index < -0.39 is 10.8 Å². The molecule has 0 radical (unpaired) electrons. The number of nitrogens with one attached hydrogen (secondary N) is 1. The normalized spacial score (nSPS) is 14.2. The van der Waals surface area contributed by atoms with Crippen LogP contribution in [0.1, 0.15) is 10.4 Å². The average molecular weight is 377 g/mol. The van der Waals surface area contributed by atoms with Gasteiger partial charge in [0.2, 0.25) is 0 Å². The summed E-state index contributed by atoms with van der Waals surface area (Å²) in [5.41, 5.74) is 2.87. The first-order chi connectivity index (χ1) is 12.5. The molecule has 8 nitrogen and oxygen atoms in total. The molecule has 1 saturated heterocycles. The first-order valence-electron chi connectivity index (χ1n) is 7.98. The molecule has 2 N–H and O–H groups in total. The number of carbonyl (C=O) groups excluding carboxylic acids is 1. The Balaban J connectivity index is 1.77. The lowest BCUT2D eigenvalue weighted by Gasteiger charge is -2.37. The minimum Gasteiger partial charge on any atom is -0.368 e. The van der Waals surface area contributed by atoms with E-state index in [4.69, 9.17) is 16.8 Å². The Morgan fingerprint density at radius 1 is 1.08 bits per heavy atom. The first kappa shape index (κ1) is 18.0. The van der Waals surface area contributed by atoms with Crippen LogP contribution in [-0.4, -0.2) is 42.2 Å². The standard InChI is InChI=1S/C17H17ClN4O4/c18-13-2-4-14(5-3-13)20-7-9-21(10-8-20)15-6-1-12(17(23)19-24)11-16(15)22(25)26/h1-6,11,24H,7-10H2,(H,19,23). The molecule has 1 fully saturated rings. The quantitative estimate of drug-likeness (QED) is 0.483. The van der Waals surface area contributed by atoms with Crippen molar-refractivity contribution in [1.82, 2.24) is 5.48 Å². The summed E-state index contributed by atoms with van der Waals surface area (Å²) in [6.45, 7) is 2.62. The second kappa shape index (κ2) is 7.59. The number of hydroxylamine groups is 1. The van der Waals surface area contributed by atoms with Crippen molar-refractivity contribution in [3.63, 3.8) is 0 Å². The van der Waals surface area contributed by atoms with Gasteiger partial charge < -0.3 is 9.80 Å². The van der Waals surface area contributed by atoms with Crippen LogP contribution in [0.5, 0.6) is 0 Å². The summed E-state index contributed by atoms with van der Waals surface area (Å²) in [6.07, 6.45) is 0. The van der Waals surface area contributed by atoms with Gasteiger partial charge in [-0.2, -0.15) is 0 Å². The van der Waals surface area contributed by atoms with Gasteiger partial charge in [-0.3, -0.25) is 20.1 Å². The Labute approximate surface area is 154 Å². The monoisotopic (exact) mass is 376 g/mol. The van der Waals surface area contributed by atoms with E-state index in [0.717, 1.165) is 5.69 Å². The molecule has 136 valence electrons. The maximum Gasteiger partial charge on any atom is 0.293 e. The zero-order chi connectivity index (χ0) is 18.7. The molecule has 2 aromatic carbocycles. The molecule has 0 saturated carbocycles. The molecule has 1 heterocycles. The number of nitro benzene ring substituents is 1. The van der Waals surface area contributed by atoms with Crippen LogP contribution in [0.3, 0.4) is 0 Å². The highest BCUT2D eigenvalue weighted by Crippen LogP contribution is 2.31. The van der Waals surface area contributed by atoms with Crippen molar-refractivity contribution in [3.05, 3.63) is 63.2 Å². The number of rotatable bonds is 4. The van der Waals surface area contributed by atoms with Gasteiger partial charge in [-0.05, 0) is 36.4 Å². The number of carbonyl (C=O) groups is 1. The minimum atomic E-state index is -0.785. The van der Waals surface area contributed by atoms with Gasteiger partial charge >= 0.3 is 0 Å². The summed E-state index contributed by atoms with van der Waals surface area (Å²) in [6, 6.07) is 11.7. The van der Waals surface area contributed by atoms with E-state index in [1.807, 2.05) is 29.2 Å². The van der Waals surface area contributed by atoms with E-state index in [0.29, 0.717) is 36.9 Å². The van der Waals surface area contributed by atoms with Crippen molar-refractivity contribution in [1.29, 1.82) is 0 Å². The number of hydrogen-bond acceptors (Lipinski definition) is 6. The Morgan fingerprint density at radius 2 is 1.69 bits per heavy atom. The van der Waals surface area contributed by atoms with Gasteiger partial charge in [0.25, 0.3) is 11.6 Å². The molecular weight excluding hydrogens is 360 g/mol. The molecule has 0 spiro atoms. The number of nitro groups is 1. The maximum absolute atomic E-state index is 11.5. The fourth-order valence-electron chi connectivity index (χ4n) is 3.00. The predicted octanol–water partition coefficient (Wildman–Crippen LogP) is 2.69. The highest BCUT2D eigenvalue weighted by molar-refractivity contribution is 6.30. The van der Waals surface area contributed by atoms with Crippen LogP contribution >= 0.6 is 11.6 Å². The summed E-state index contributed by atoms with van der Waals surface area (Å²) >= 11 is 5.91. The number of halogens is 1. The Bertz CT molecular complexity index is 820. The van der Waals surface area contributed by atoms with Gasteiger partial charge in [0.1, 0.15) is 5.69 Å². The topological polar surface area (TPSA) is 99.0 Å². The van der Waals surface area contributed by atoms with Gasteiger partial charge in [-0.1, -0.05) is 11.6 Å². The molecule has 3 rings (SSSR count). The van der Waals surface area contributed by atoms with Gasteiger partial charge in [0.05, 0.1) is 4.92 Å². The predicted molar refractivity (Wildman–Crippen MR) is 98.2 cm³/mol. The summed E-state index contributed by atoms with van der Waals surface area (Å²) < 4.78 is 0. The lowest BCUT2D eigenvalue weighted by molar-refractivity contribution is -0.384. The molecule has 0 atom stereocenters. The SMILES string of the molecule is O=C(NO)c1ccc(N2CCN(c3ccc(Cl)cc3)CC2)c([N+](=O)[O-])c1. The van der Waals surface area contributed by atoms with Crippen molar-refractivity contribution in [2.24, 2.45) is 0 Å². The van der Waals surface area contributed by atoms with Crippen LogP contribution in [0.15, 0.2) is 42.5 Å². The van der Waals surface area contributed by atoms with E-state index in [-0.39, 0.29) is 11.3 Å². The Morgan fingerprint density at radius 3 is 2.27 bits per heavy atom. The van der Waals surface area contributed by atoms with E-state index in [1.54, 1.807) is 6.07 Å². The molecule has 0 aromatic heterocycles. The summed E-state index contributed by atoms with van der Waals surface area (Å²) in [7, 11) is 0. The summed E-state index contributed by atoms with van der Waals surface area (Å²) in [4.78, 5) is 26.5. The number of piperazine rings is 1. The molecule has 1 aliphatic rings. The average Bonchev–Trinajstić information content (AvgIpc) is 2.67. The van der Waals surface area contributed by atoms with Crippen molar-refractivity contribution < 1.29 is 14.9 Å². The summed E-state index contributed by atoms with van der Waals surface area (Å²) in [5, 5.41) is 20.8. The van der Waals surface area contributed by atoms with Crippen LogP contribution in [0.2, 0.25) is 5.02 Å². The number of anilines is 2. The fourth-order valence-corrected chi connectivity index (χ4v) is 3.13. The molecule has 2 aromatic rings. The molecule has 1 aliphatic heterocycles. The molecule has 0 aliphatic carbocycles. The third kappa shape index (κ3) is 3.71. The smallest absolute Gasteiger partial charge is 0.293 e. The van der Waals surface area contributed by atoms with Gasteiger partial charge in [0, 0.05) is 48.5 Å². The Kier molecular flexibility index (Phi) is 5.24. The molecule has 26 heavy (non-hydrogen) atoms. The summed E-state index contributed by atoms with van der Waals surface area (Å²) in [5.74, 6) is -0.785. The van der Waals surface area contributed by atoms with Gasteiger partial charge in [-0.25, -0.2) is 5.48 Å².